The van der Waals surface area contributed by atoms with Crippen molar-refractivity contribution in [2.45, 2.75) is 6.43 Å². The Labute approximate surface area is 90.5 Å². The summed E-state index contributed by atoms with van der Waals surface area (Å²) in [5, 5.41) is 3.22. The molecule has 2 aromatic rings. The Morgan fingerprint density at radius 2 is 2.00 bits per heavy atom. The highest BCUT2D eigenvalue weighted by Gasteiger charge is 2.07. The van der Waals surface area contributed by atoms with Crippen LogP contribution < -0.4 is 11.1 Å². The summed E-state index contributed by atoms with van der Waals surface area (Å²) < 4.78 is 24.2. The number of halogens is 2. The summed E-state index contributed by atoms with van der Waals surface area (Å²) >= 11 is 0. The predicted octanol–water partition coefficient (Wildman–Crippen LogP) is 1.89. The van der Waals surface area contributed by atoms with Gasteiger partial charge in [0.05, 0.1) is 12.1 Å². The molecule has 0 spiro atoms. The van der Waals surface area contributed by atoms with Crippen molar-refractivity contribution >= 4 is 22.7 Å². The Balaban J connectivity index is 2.42. The second-order valence-electron chi connectivity index (χ2n) is 3.22. The molecule has 16 heavy (non-hydrogen) atoms. The molecule has 1 heterocycles. The number of aromatic nitrogens is 2. The molecule has 0 unspecified atom stereocenters. The number of nitrogens with zero attached hydrogens (tertiary/aromatic N) is 2. The van der Waals surface area contributed by atoms with Crippen LogP contribution in [0.15, 0.2) is 24.3 Å². The highest BCUT2D eigenvalue weighted by atomic mass is 19.3. The summed E-state index contributed by atoms with van der Waals surface area (Å²) in [7, 11) is 0. The molecule has 0 aliphatic rings. The lowest BCUT2D eigenvalue weighted by molar-refractivity contribution is 0.163. The highest BCUT2D eigenvalue weighted by Crippen LogP contribution is 2.20. The summed E-state index contributed by atoms with van der Waals surface area (Å²) in [5.74, 6) is 0.402. The molecule has 0 aliphatic heterocycles. The molecule has 6 heteroatoms. The van der Waals surface area contributed by atoms with Crippen LogP contribution in [0.2, 0.25) is 0 Å². The van der Waals surface area contributed by atoms with Crippen molar-refractivity contribution in [2.75, 3.05) is 17.6 Å². The normalized spacial score (nSPS) is 10.9. The second-order valence-corrected chi connectivity index (χ2v) is 3.22. The number of nitrogens with two attached hydrogens (primary N) is 1. The Bertz CT molecular complexity index is 501. The number of para-hydroxylation sites is 1. The number of benzene rings is 1. The van der Waals surface area contributed by atoms with Crippen LogP contribution in [0.5, 0.6) is 0 Å². The van der Waals surface area contributed by atoms with Crippen molar-refractivity contribution in [3.63, 3.8) is 0 Å². The third kappa shape index (κ3) is 2.16. The molecular formula is C10H10F2N4. The van der Waals surface area contributed by atoms with Crippen molar-refractivity contribution in [3.8, 4) is 0 Å². The average molecular weight is 224 g/mol. The van der Waals surface area contributed by atoms with Gasteiger partial charge < -0.3 is 11.1 Å². The summed E-state index contributed by atoms with van der Waals surface area (Å²) in [6.07, 6.45) is -2.44. The number of nitrogens with one attached hydrogen (secondary N) is 1. The fourth-order valence-electron chi connectivity index (χ4n) is 1.40. The third-order valence-corrected chi connectivity index (χ3v) is 2.04. The summed E-state index contributed by atoms with van der Waals surface area (Å²) in [5.41, 5.74) is 6.11. The highest BCUT2D eigenvalue weighted by molar-refractivity contribution is 5.89. The zero-order valence-corrected chi connectivity index (χ0v) is 8.32. The fourth-order valence-corrected chi connectivity index (χ4v) is 1.40. The molecule has 0 fully saturated rings. The number of anilines is 2. The maximum Gasteiger partial charge on any atom is 0.255 e. The van der Waals surface area contributed by atoms with E-state index in [1.807, 2.05) is 0 Å². The largest absolute Gasteiger partial charge is 0.368 e. The molecule has 0 atom stereocenters. The SMILES string of the molecule is Nc1nc(NCC(F)F)c2ccccc2n1. The van der Waals surface area contributed by atoms with E-state index in [0.717, 1.165) is 0 Å². The smallest absolute Gasteiger partial charge is 0.255 e. The second kappa shape index (κ2) is 4.26. The standard InChI is InChI=1S/C10H10F2N4/c11-8(12)5-14-9-6-3-1-2-4-7(6)15-10(13)16-9/h1-4,8H,5H2,(H3,13,14,15,16). The van der Waals surface area contributed by atoms with E-state index in [0.29, 0.717) is 16.7 Å². The fraction of sp³-hybridized carbons (Fsp3) is 0.200. The third-order valence-electron chi connectivity index (χ3n) is 2.04. The van der Waals surface area contributed by atoms with E-state index in [2.05, 4.69) is 15.3 Å². The van der Waals surface area contributed by atoms with Crippen LogP contribution in [0.25, 0.3) is 10.9 Å². The molecule has 84 valence electrons. The van der Waals surface area contributed by atoms with E-state index in [9.17, 15) is 8.78 Å². The van der Waals surface area contributed by atoms with Gasteiger partial charge in [0.1, 0.15) is 5.82 Å². The topological polar surface area (TPSA) is 63.8 Å². The van der Waals surface area contributed by atoms with Gasteiger partial charge >= 0.3 is 0 Å². The number of fused-ring (bicyclic) bond motifs is 1. The molecule has 0 bridgehead atoms. The lowest BCUT2D eigenvalue weighted by Crippen LogP contribution is -2.12. The summed E-state index contributed by atoms with van der Waals surface area (Å²) in [4.78, 5) is 7.90. The van der Waals surface area contributed by atoms with E-state index in [-0.39, 0.29) is 5.95 Å². The predicted molar refractivity (Wildman–Crippen MR) is 58.4 cm³/mol. The van der Waals surface area contributed by atoms with E-state index < -0.39 is 13.0 Å². The minimum atomic E-state index is -2.44. The van der Waals surface area contributed by atoms with Gasteiger partial charge in [0.2, 0.25) is 5.95 Å². The maximum atomic E-state index is 12.1. The molecule has 0 radical (unpaired) electrons. The molecular weight excluding hydrogens is 214 g/mol. The van der Waals surface area contributed by atoms with Crippen molar-refractivity contribution in [3.05, 3.63) is 24.3 Å². The van der Waals surface area contributed by atoms with Crippen LogP contribution in [0, 0.1) is 0 Å². The number of alkyl halides is 2. The van der Waals surface area contributed by atoms with E-state index >= 15 is 0 Å². The van der Waals surface area contributed by atoms with Crippen LogP contribution in [-0.2, 0) is 0 Å². The van der Waals surface area contributed by atoms with Crippen LogP contribution in [0.4, 0.5) is 20.5 Å². The maximum absolute atomic E-state index is 12.1. The van der Waals surface area contributed by atoms with Gasteiger partial charge in [0.25, 0.3) is 6.43 Å². The number of rotatable bonds is 3. The lowest BCUT2D eigenvalue weighted by Gasteiger charge is -2.08. The van der Waals surface area contributed by atoms with Gasteiger partial charge in [-0.25, -0.2) is 13.8 Å². The van der Waals surface area contributed by atoms with E-state index in [1.54, 1.807) is 24.3 Å². The molecule has 2 rings (SSSR count). The first kappa shape index (κ1) is 10.5. The average Bonchev–Trinajstić information content (AvgIpc) is 2.25. The van der Waals surface area contributed by atoms with Gasteiger partial charge in [0, 0.05) is 5.39 Å². The van der Waals surface area contributed by atoms with Crippen LogP contribution in [-0.4, -0.2) is 22.9 Å². The molecule has 1 aromatic carbocycles. The van der Waals surface area contributed by atoms with Gasteiger partial charge in [0.15, 0.2) is 0 Å². The number of nitrogen functional groups attached to an aromatic ring is 1. The van der Waals surface area contributed by atoms with Gasteiger partial charge in [-0.1, -0.05) is 12.1 Å². The van der Waals surface area contributed by atoms with Crippen LogP contribution in [0.1, 0.15) is 0 Å². The first-order valence-electron chi connectivity index (χ1n) is 4.71. The molecule has 4 nitrogen and oxygen atoms in total. The zero-order valence-electron chi connectivity index (χ0n) is 8.32. The van der Waals surface area contributed by atoms with Crippen molar-refractivity contribution < 1.29 is 8.78 Å². The minimum Gasteiger partial charge on any atom is -0.368 e. The molecule has 1 aromatic heterocycles. The number of hydrogen-bond acceptors (Lipinski definition) is 4. The molecule has 0 aliphatic carbocycles. The first-order valence-corrected chi connectivity index (χ1v) is 4.71. The first-order chi connectivity index (χ1) is 7.66. The van der Waals surface area contributed by atoms with Crippen molar-refractivity contribution in [1.29, 1.82) is 0 Å². The van der Waals surface area contributed by atoms with Gasteiger partial charge in [-0.05, 0) is 12.1 Å². The Hall–Kier alpha value is -1.98. The van der Waals surface area contributed by atoms with Gasteiger partial charge in [-0.2, -0.15) is 4.98 Å². The van der Waals surface area contributed by atoms with Crippen LogP contribution >= 0.6 is 0 Å². The monoisotopic (exact) mass is 224 g/mol. The van der Waals surface area contributed by atoms with Crippen molar-refractivity contribution in [2.24, 2.45) is 0 Å². The molecule has 0 saturated heterocycles. The Morgan fingerprint density at radius 1 is 1.25 bits per heavy atom. The van der Waals surface area contributed by atoms with Gasteiger partial charge in [-0.15, -0.1) is 0 Å². The zero-order chi connectivity index (χ0) is 11.5. The lowest BCUT2D eigenvalue weighted by atomic mass is 10.2. The molecule has 3 N–H and O–H groups in total. The Morgan fingerprint density at radius 3 is 2.75 bits per heavy atom. The molecule has 0 amide bonds. The van der Waals surface area contributed by atoms with Gasteiger partial charge in [-0.3, -0.25) is 0 Å². The summed E-state index contributed by atoms with van der Waals surface area (Å²) in [6, 6.07) is 7.09. The minimum absolute atomic E-state index is 0.0652. The quantitative estimate of drug-likeness (QED) is 0.835. The van der Waals surface area contributed by atoms with E-state index in [1.165, 1.54) is 0 Å². The van der Waals surface area contributed by atoms with E-state index in [4.69, 9.17) is 5.73 Å². The number of hydrogen-bond donors (Lipinski definition) is 2. The molecule has 0 saturated carbocycles. The van der Waals surface area contributed by atoms with Crippen molar-refractivity contribution in [1.82, 2.24) is 9.97 Å². The summed E-state index contributed by atoms with van der Waals surface area (Å²) in [6.45, 7) is -0.458. The Kier molecular flexibility index (Phi) is 2.80. The van der Waals surface area contributed by atoms with Crippen LogP contribution in [0.3, 0.4) is 0 Å².